The van der Waals surface area contributed by atoms with E-state index in [-0.39, 0.29) is 5.54 Å². The Labute approximate surface area is 151 Å². The van der Waals surface area contributed by atoms with Gasteiger partial charge in [-0.2, -0.15) is 0 Å². The van der Waals surface area contributed by atoms with Gasteiger partial charge in [-0.15, -0.1) is 0 Å². The molecule has 0 aliphatic heterocycles. The lowest BCUT2D eigenvalue weighted by atomic mass is 9.77. The van der Waals surface area contributed by atoms with Gasteiger partial charge in [0, 0.05) is 0 Å². The predicted octanol–water partition coefficient (Wildman–Crippen LogP) is 5.43. The van der Waals surface area contributed by atoms with Crippen LogP contribution in [-0.2, 0) is 12.0 Å². The van der Waals surface area contributed by atoms with E-state index in [1.165, 1.54) is 22.3 Å². The SMILES string of the molecule is Cc1ccccc1CCC(c1ccccc1)(c1ccccc1)N(C)C. The summed E-state index contributed by atoms with van der Waals surface area (Å²) in [5.74, 6) is 0. The molecular formula is C24H27N. The Balaban J connectivity index is 2.06. The van der Waals surface area contributed by atoms with E-state index in [9.17, 15) is 0 Å². The normalized spacial score (nSPS) is 11.7. The van der Waals surface area contributed by atoms with Crippen LogP contribution >= 0.6 is 0 Å². The topological polar surface area (TPSA) is 3.24 Å². The fourth-order valence-corrected chi connectivity index (χ4v) is 3.83. The van der Waals surface area contributed by atoms with Crippen molar-refractivity contribution in [3.05, 3.63) is 107 Å². The van der Waals surface area contributed by atoms with Gasteiger partial charge in [0.25, 0.3) is 0 Å². The molecule has 0 aliphatic rings. The maximum Gasteiger partial charge on any atom is 0.0713 e. The third kappa shape index (κ3) is 3.52. The Kier molecular flexibility index (Phi) is 5.35. The first kappa shape index (κ1) is 17.4. The van der Waals surface area contributed by atoms with Crippen molar-refractivity contribution in [2.24, 2.45) is 0 Å². The van der Waals surface area contributed by atoms with Crippen LogP contribution in [0.3, 0.4) is 0 Å². The van der Waals surface area contributed by atoms with Gasteiger partial charge in [0.2, 0.25) is 0 Å². The van der Waals surface area contributed by atoms with Crippen LogP contribution in [-0.4, -0.2) is 19.0 Å². The molecule has 0 fully saturated rings. The molecule has 3 rings (SSSR count). The molecule has 3 aromatic carbocycles. The Morgan fingerprint density at radius 3 is 1.64 bits per heavy atom. The van der Waals surface area contributed by atoms with Gasteiger partial charge in [-0.3, -0.25) is 4.90 Å². The van der Waals surface area contributed by atoms with E-state index in [0.717, 1.165) is 12.8 Å². The highest BCUT2D eigenvalue weighted by atomic mass is 15.1. The number of rotatable bonds is 6. The Hall–Kier alpha value is -2.38. The second-order valence-corrected chi connectivity index (χ2v) is 6.91. The van der Waals surface area contributed by atoms with Crippen LogP contribution in [0.4, 0.5) is 0 Å². The van der Waals surface area contributed by atoms with E-state index >= 15 is 0 Å². The first-order chi connectivity index (χ1) is 12.1. The lowest BCUT2D eigenvalue weighted by Gasteiger charge is -2.41. The van der Waals surface area contributed by atoms with E-state index in [0.29, 0.717) is 0 Å². The van der Waals surface area contributed by atoms with Gasteiger partial charge in [0.15, 0.2) is 0 Å². The van der Waals surface area contributed by atoms with Gasteiger partial charge < -0.3 is 0 Å². The smallest absolute Gasteiger partial charge is 0.0713 e. The van der Waals surface area contributed by atoms with Crippen LogP contribution in [0.25, 0.3) is 0 Å². The van der Waals surface area contributed by atoms with Crippen molar-refractivity contribution in [1.82, 2.24) is 4.90 Å². The highest BCUT2D eigenvalue weighted by Gasteiger charge is 2.36. The first-order valence-electron chi connectivity index (χ1n) is 8.97. The third-order valence-electron chi connectivity index (χ3n) is 5.28. The third-order valence-corrected chi connectivity index (χ3v) is 5.28. The minimum Gasteiger partial charge on any atom is -0.296 e. The second kappa shape index (κ2) is 7.67. The fourth-order valence-electron chi connectivity index (χ4n) is 3.83. The van der Waals surface area contributed by atoms with Crippen LogP contribution in [0.5, 0.6) is 0 Å². The Bertz CT molecular complexity index is 751. The minimum absolute atomic E-state index is 0.134. The van der Waals surface area contributed by atoms with E-state index in [1.807, 2.05) is 0 Å². The summed E-state index contributed by atoms with van der Waals surface area (Å²) in [6, 6.07) is 30.5. The van der Waals surface area contributed by atoms with Crippen molar-refractivity contribution in [3.8, 4) is 0 Å². The number of aryl methyl sites for hydroxylation is 2. The standard InChI is InChI=1S/C24H27N/c1-20-12-10-11-13-21(20)18-19-24(25(2)3,22-14-6-4-7-15-22)23-16-8-5-9-17-23/h4-17H,18-19H2,1-3H3. The van der Waals surface area contributed by atoms with Gasteiger partial charge in [0.05, 0.1) is 5.54 Å². The zero-order valence-corrected chi connectivity index (χ0v) is 15.4. The van der Waals surface area contributed by atoms with Gasteiger partial charge in [-0.25, -0.2) is 0 Å². The van der Waals surface area contributed by atoms with Crippen LogP contribution < -0.4 is 0 Å². The molecule has 3 aromatic rings. The molecule has 0 saturated heterocycles. The van der Waals surface area contributed by atoms with Crippen LogP contribution in [0.15, 0.2) is 84.9 Å². The molecule has 128 valence electrons. The summed E-state index contributed by atoms with van der Waals surface area (Å²) in [6.45, 7) is 2.21. The maximum absolute atomic E-state index is 2.37. The van der Waals surface area contributed by atoms with Gasteiger partial charge in [0.1, 0.15) is 0 Å². The van der Waals surface area contributed by atoms with Crippen molar-refractivity contribution in [3.63, 3.8) is 0 Å². The average molecular weight is 329 g/mol. The predicted molar refractivity (Wildman–Crippen MR) is 107 cm³/mol. The highest BCUT2D eigenvalue weighted by Crippen LogP contribution is 2.38. The van der Waals surface area contributed by atoms with Gasteiger partial charge in [-0.1, -0.05) is 84.9 Å². The lowest BCUT2D eigenvalue weighted by Crippen LogP contribution is -2.43. The largest absolute Gasteiger partial charge is 0.296 e. The summed E-state index contributed by atoms with van der Waals surface area (Å²) >= 11 is 0. The molecule has 1 nitrogen and oxygen atoms in total. The summed E-state index contributed by atoms with van der Waals surface area (Å²) in [5.41, 5.74) is 5.36. The summed E-state index contributed by atoms with van der Waals surface area (Å²) in [7, 11) is 4.38. The Morgan fingerprint density at radius 1 is 0.680 bits per heavy atom. The average Bonchev–Trinajstić information content (AvgIpc) is 2.65. The molecule has 0 unspecified atom stereocenters. The van der Waals surface area contributed by atoms with Gasteiger partial charge >= 0.3 is 0 Å². The summed E-state index contributed by atoms with van der Waals surface area (Å²) in [5, 5.41) is 0. The molecule has 0 radical (unpaired) electrons. The molecule has 0 atom stereocenters. The van der Waals surface area contributed by atoms with E-state index in [1.54, 1.807) is 0 Å². The summed E-state index contributed by atoms with van der Waals surface area (Å²) in [4.78, 5) is 2.37. The number of hydrogen-bond acceptors (Lipinski definition) is 1. The number of hydrogen-bond donors (Lipinski definition) is 0. The molecule has 0 heterocycles. The minimum atomic E-state index is -0.134. The molecule has 0 bridgehead atoms. The lowest BCUT2D eigenvalue weighted by molar-refractivity contribution is 0.185. The second-order valence-electron chi connectivity index (χ2n) is 6.91. The van der Waals surface area contributed by atoms with Crippen molar-refractivity contribution in [1.29, 1.82) is 0 Å². The van der Waals surface area contributed by atoms with Crippen molar-refractivity contribution in [2.75, 3.05) is 14.1 Å². The number of benzene rings is 3. The maximum atomic E-state index is 2.37. The molecular weight excluding hydrogens is 302 g/mol. The quantitative estimate of drug-likeness (QED) is 0.582. The molecule has 25 heavy (non-hydrogen) atoms. The molecule has 0 spiro atoms. The monoisotopic (exact) mass is 329 g/mol. The van der Waals surface area contributed by atoms with Crippen molar-refractivity contribution >= 4 is 0 Å². The molecule has 0 aromatic heterocycles. The van der Waals surface area contributed by atoms with E-state index in [4.69, 9.17) is 0 Å². The zero-order chi connectivity index (χ0) is 17.7. The summed E-state index contributed by atoms with van der Waals surface area (Å²) < 4.78 is 0. The zero-order valence-electron chi connectivity index (χ0n) is 15.4. The summed E-state index contributed by atoms with van der Waals surface area (Å²) in [6.07, 6.45) is 2.09. The van der Waals surface area contributed by atoms with E-state index < -0.39 is 0 Å². The van der Waals surface area contributed by atoms with Crippen molar-refractivity contribution in [2.45, 2.75) is 25.3 Å². The molecule has 1 heteroatoms. The highest BCUT2D eigenvalue weighted by molar-refractivity contribution is 5.39. The molecule has 0 amide bonds. The van der Waals surface area contributed by atoms with Crippen LogP contribution in [0.1, 0.15) is 28.7 Å². The van der Waals surface area contributed by atoms with Crippen LogP contribution in [0, 0.1) is 6.92 Å². The number of nitrogens with zero attached hydrogens (tertiary/aromatic N) is 1. The van der Waals surface area contributed by atoms with E-state index in [2.05, 4.69) is 111 Å². The molecule has 0 aliphatic carbocycles. The molecule has 0 saturated carbocycles. The Morgan fingerprint density at radius 2 is 1.16 bits per heavy atom. The fraction of sp³-hybridized carbons (Fsp3) is 0.250. The molecule has 0 N–H and O–H groups in total. The first-order valence-corrected chi connectivity index (χ1v) is 8.97. The van der Waals surface area contributed by atoms with Crippen LogP contribution in [0.2, 0.25) is 0 Å². The van der Waals surface area contributed by atoms with Crippen molar-refractivity contribution < 1.29 is 0 Å². The van der Waals surface area contributed by atoms with Gasteiger partial charge in [-0.05, 0) is 56.1 Å².